The molecule has 28 heavy (non-hydrogen) atoms. The van der Waals surface area contributed by atoms with Crippen LogP contribution in [0.25, 0.3) is 0 Å². The summed E-state index contributed by atoms with van der Waals surface area (Å²) >= 11 is 0. The van der Waals surface area contributed by atoms with Crippen LogP contribution in [0.4, 0.5) is 0 Å². The number of ether oxygens (including phenoxy) is 1. The van der Waals surface area contributed by atoms with Crippen LogP contribution in [0.15, 0.2) is 11.9 Å². The monoisotopic (exact) mass is 431 g/mol. The Morgan fingerprint density at radius 1 is 1.46 bits per heavy atom. The Labute approximate surface area is 172 Å². The van der Waals surface area contributed by atoms with E-state index in [1.807, 2.05) is 0 Å². The minimum atomic E-state index is -3.24. The Kier molecular flexibility index (Phi) is 12.1. The summed E-state index contributed by atoms with van der Waals surface area (Å²) in [5.74, 6) is 1.42. The summed E-state index contributed by atoms with van der Waals surface area (Å²) in [6, 6.07) is 1.90. The molecule has 0 N–H and O–H groups in total. The molecule has 8 nitrogen and oxygen atoms in total. The fraction of sp³-hybridized carbons (Fsp3) is 0.824. The highest BCUT2D eigenvalue weighted by Crippen LogP contribution is 2.49. The Morgan fingerprint density at radius 3 is 2.68 bits per heavy atom. The largest absolute Gasteiger partial charge is 0.379 e. The third kappa shape index (κ3) is 8.22. The lowest BCUT2D eigenvalue weighted by Gasteiger charge is -2.39. The van der Waals surface area contributed by atoms with Gasteiger partial charge in [-0.2, -0.15) is 5.26 Å². The van der Waals surface area contributed by atoms with E-state index in [0.717, 1.165) is 6.54 Å². The number of nitrogens with zero attached hydrogens (tertiary/aromatic N) is 3. The molecular formula is C17H32BN3O5P2. The summed E-state index contributed by atoms with van der Waals surface area (Å²) in [5.41, 5.74) is 0. The van der Waals surface area contributed by atoms with Gasteiger partial charge in [0.05, 0.1) is 25.2 Å². The first-order chi connectivity index (χ1) is 13.3. The SMILES string of the molecule is [B]C1CN(P(OCCC#N)N(CC)C(C)C)CCC(/C=C/P(=O)(OC)OC)O1. The number of hydrogen-bond acceptors (Lipinski definition) is 8. The topological polar surface area (TPSA) is 84.3 Å². The van der Waals surface area contributed by atoms with Crippen molar-refractivity contribution in [2.45, 2.75) is 51.8 Å². The molecule has 2 radical (unpaired) electrons. The Morgan fingerprint density at radius 2 is 2.14 bits per heavy atom. The molecule has 0 spiro atoms. The molecule has 3 unspecified atom stereocenters. The third-order valence-corrected chi connectivity index (χ3v) is 8.21. The van der Waals surface area contributed by atoms with Crippen molar-refractivity contribution in [3.8, 4) is 6.07 Å². The van der Waals surface area contributed by atoms with Gasteiger partial charge in [0, 0.05) is 51.7 Å². The van der Waals surface area contributed by atoms with E-state index in [4.69, 9.17) is 31.4 Å². The van der Waals surface area contributed by atoms with Crippen molar-refractivity contribution in [2.24, 2.45) is 0 Å². The zero-order chi connectivity index (χ0) is 21.2. The maximum Gasteiger partial charge on any atom is 0.353 e. The zero-order valence-corrected chi connectivity index (χ0v) is 19.3. The first-order valence-electron chi connectivity index (χ1n) is 9.43. The normalized spacial score (nSPS) is 23.2. The van der Waals surface area contributed by atoms with Crippen molar-refractivity contribution < 1.29 is 22.9 Å². The summed E-state index contributed by atoms with van der Waals surface area (Å²) in [4.78, 5) is 0. The fourth-order valence-electron chi connectivity index (χ4n) is 2.78. The van der Waals surface area contributed by atoms with Gasteiger partial charge in [0.1, 0.15) is 7.85 Å². The molecule has 0 bridgehead atoms. The average molecular weight is 431 g/mol. The van der Waals surface area contributed by atoms with E-state index in [-0.39, 0.29) is 6.10 Å². The van der Waals surface area contributed by atoms with Gasteiger partial charge in [-0.1, -0.05) is 6.92 Å². The lowest BCUT2D eigenvalue weighted by Crippen LogP contribution is -2.37. The maximum absolute atomic E-state index is 12.2. The van der Waals surface area contributed by atoms with E-state index in [2.05, 4.69) is 36.2 Å². The van der Waals surface area contributed by atoms with Crippen molar-refractivity contribution in [2.75, 3.05) is 40.5 Å². The minimum Gasteiger partial charge on any atom is -0.379 e. The van der Waals surface area contributed by atoms with Crippen LogP contribution in [0.5, 0.6) is 0 Å². The second-order valence-electron chi connectivity index (χ2n) is 6.50. The summed E-state index contributed by atoms with van der Waals surface area (Å²) in [6.07, 6.45) is 2.40. The van der Waals surface area contributed by atoms with E-state index in [1.54, 1.807) is 6.08 Å². The summed E-state index contributed by atoms with van der Waals surface area (Å²) in [5, 5.41) is 8.84. The second-order valence-corrected chi connectivity index (χ2v) is 10.5. The van der Waals surface area contributed by atoms with Gasteiger partial charge in [-0.3, -0.25) is 4.57 Å². The molecule has 3 atom stereocenters. The van der Waals surface area contributed by atoms with E-state index in [0.29, 0.717) is 38.6 Å². The first kappa shape index (κ1) is 25.8. The lowest BCUT2D eigenvalue weighted by molar-refractivity contribution is 0.0688. The van der Waals surface area contributed by atoms with Gasteiger partial charge in [0.2, 0.25) is 0 Å². The molecule has 11 heteroatoms. The van der Waals surface area contributed by atoms with Gasteiger partial charge in [0.25, 0.3) is 0 Å². The highest BCUT2D eigenvalue weighted by atomic mass is 31.2. The molecule has 0 saturated carbocycles. The quantitative estimate of drug-likeness (QED) is 0.280. The minimum absolute atomic E-state index is 0.295. The van der Waals surface area contributed by atoms with E-state index in [1.165, 1.54) is 20.0 Å². The molecular weight excluding hydrogens is 399 g/mol. The number of hydrogen-bond donors (Lipinski definition) is 0. The second kappa shape index (κ2) is 13.1. The summed E-state index contributed by atoms with van der Waals surface area (Å²) in [7, 11) is 4.56. The Hall–Kier alpha value is -0.285. The van der Waals surface area contributed by atoms with Crippen LogP contribution in [0.2, 0.25) is 0 Å². The summed E-state index contributed by atoms with van der Waals surface area (Å²) < 4.78 is 38.5. The first-order valence-corrected chi connectivity index (χ1v) is 12.2. The molecule has 0 amide bonds. The highest BCUT2D eigenvalue weighted by molar-refractivity contribution is 7.57. The molecule has 0 aromatic heterocycles. The van der Waals surface area contributed by atoms with Gasteiger partial charge in [0.15, 0.2) is 8.45 Å². The van der Waals surface area contributed by atoms with Gasteiger partial charge in [-0.25, -0.2) is 9.34 Å². The van der Waals surface area contributed by atoms with Crippen LogP contribution in [0.1, 0.15) is 33.6 Å². The predicted molar refractivity (Wildman–Crippen MR) is 112 cm³/mol. The van der Waals surface area contributed by atoms with Crippen LogP contribution in [-0.2, 0) is 22.9 Å². The van der Waals surface area contributed by atoms with Crippen LogP contribution < -0.4 is 0 Å². The fourth-order valence-corrected chi connectivity index (χ4v) is 5.69. The van der Waals surface area contributed by atoms with Crippen LogP contribution in [-0.4, -0.2) is 75.8 Å². The molecule has 1 rings (SSSR count). The van der Waals surface area contributed by atoms with Gasteiger partial charge >= 0.3 is 7.60 Å². The Balaban J connectivity index is 2.90. The predicted octanol–water partition coefficient (Wildman–Crippen LogP) is 3.46. The van der Waals surface area contributed by atoms with Gasteiger partial charge < -0.3 is 18.3 Å². The van der Waals surface area contributed by atoms with Crippen molar-refractivity contribution in [1.82, 2.24) is 9.34 Å². The number of nitriles is 1. The van der Waals surface area contributed by atoms with Gasteiger partial charge in [-0.15, -0.1) is 0 Å². The molecule has 1 aliphatic rings. The summed E-state index contributed by atoms with van der Waals surface area (Å²) in [6.45, 7) is 8.77. The van der Waals surface area contributed by atoms with Crippen LogP contribution >= 0.6 is 16.0 Å². The maximum atomic E-state index is 12.2. The lowest BCUT2D eigenvalue weighted by atomic mass is 10.0. The average Bonchev–Trinajstić information content (AvgIpc) is 2.86. The Bertz CT molecular complexity index is 567. The van der Waals surface area contributed by atoms with E-state index in [9.17, 15) is 4.57 Å². The molecule has 1 heterocycles. The van der Waals surface area contributed by atoms with Crippen molar-refractivity contribution in [1.29, 1.82) is 5.26 Å². The molecule has 0 aromatic rings. The van der Waals surface area contributed by atoms with Crippen molar-refractivity contribution in [3.05, 3.63) is 11.9 Å². The standard InChI is InChI=1S/C17H32BN3O5P2/c1-6-21(15(2)3)27(25-12-7-10-19)20-11-8-16(26-17(18)14-20)9-13-28(22,23-4)24-5/h9,13,15-17H,6-8,11-12,14H2,1-5H3/b13-9+. The molecule has 1 saturated heterocycles. The van der Waals surface area contributed by atoms with E-state index >= 15 is 0 Å². The van der Waals surface area contributed by atoms with Gasteiger partial charge in [-0.05, 0) is 26.3 Å². The molecule has 0 aliphatic carbocycles. The third-order valence-electron chi connectivity index (χ3n) is 4.21. The van der Waals surface area contributed by atoms with Crippen molar-refractivity contribution >= 4 is 23.9 Å². The van der Waals surface area contributed by atoms with Crippen molar-refractivity contribution in [3.63, 3.8) is 0 Å². The molecule has 1 fully saturated rings. The smallest absolute Gasteiger partial charge is 0.353 e. The zero-order valence-electron chi connectivity index (χ0n) is 17.5. The molecule has 158 valence electrons. The highest BCUT2D eigenvalue weighted by Gasteiger charge is 2.32. The number of rotatable bonds is 11. The molecule has 1 aliphatic heterocycles. The van der Waals surface area contributed by atoms with Crippen LogP contribution in [0.3, 0.4) is 0 Å². The van der Waals surface area contributed by atoms with E-state index < -0.39 is 22.0 Å². The molecule has 0 aromatic carbocycles. The van der Waals surface area contributed by atoms with Crippen LogP contribution in [0, 0.1) is 11.3 Å².